The Morgan fingerprint density at radius 2 is 1.81 bits per heavy atom. The van der Waals surface area contributed by atoms with Crippen molar-refractivity contribution in [1.29, 1.82) is 0 Å². The van der Waals surface area contributed by atoms with Crippen molar-refractivity contribution in [2.45, 2.75) is 33.4 Å². The minimum absolute atomic E-state index is 0. The molecule has 6 heteroatoms. The molecule has 0 aliphatic rings. The summed E-state index contributed by atoms with van der Waals surface area (Å²) in [6.07, 6.45) is 1.00. The largest absolute Gasteiger partial charge is 0.493 e. The third-order valence-corrected chi connectivity index (χ3v) is 4.56. The fourth-order valence-electron chi connectivity index (χ4n) is 2.53. The summed E-state index contributed by atoms with van der Waals surface area (Å²) in [4.78, 5) is 0. The molecular formula is C21H29BrClNO3. The van der Waals surface area contributed by atoms with Crippen molar-refractivity contribution in [3.8, 4) is 11.5 Å². The van der Waals surface area contributed by atoms with Gasteiger partial charge in [0.25, 0.3) is 0 Å². The van der Waals surface area contributed by atoms with E-state index in [4.69, 9.17) is 14.2 Å². The molecule has 0 saturated carbocycles. The van der Waals surface area contributed by atoms with Crippen LogP contribution < -0.4 is 14.8 Å². The normalized spacial score (nSPS) is 10.4. The minimum Gasteiger partial charge on any atom is -0.493 e. The first-order valence-corrected chi connectivity index (χ1v) is 9.76. The van der Waals surface area contributed by atoms with Gasteiger partial charge in [0.15, 0.2) is 11.5 Å². The molecule has 0 saturated heterocycles. The van der Waals surface area contributed by atoms with E-state index in [-0.39, 0.29) is 12.4 Å². The van der Waals surface area contributed by atoms with E-state index in [0.29, 0.717) is 6.61 Å². The van der Waals surface area contributed by atoms with Gasteiger partial charge in [-0.1, -0.05) is 29.8 Å². The van der Waals surface area contributed by atoms with Gasteiger partial charge < -0.3 is 19.5 Å². The molecule has 0 heterocycles. The minimum atomic E-state index is 0. The number of methoxy groups -OCH3 is 1. The third kappa shape index (κ3) is 8.09. The maximum absolute atomic E-state index is 6.00. The molecular weight excluding hydrogens is 430 g/mol. The lowest BCUT2D eigenvalue weighted by Crippen LogP contribution is -2.16. The fourth-order valence-corrected chi connectivity index (χ4v) is 3.14. The van der Waals surface area contributed by atoms with Crippen LogP contribution in [-0.2, 0) is 17.9 Å². The molecule has 2 aromatic rings. The summed E-state index contributed by atoms with van der Waals surface area (Å²) in [6.45, 7) is 7.86. The van der Waals surface area contributed by atoms with Gasteiger partial charge >= 0.3 is 0 Å². The number of aryl methyl sites for hydroxylation is 1. The van der Waals surface area contributed by atoms with Crippen molar-refractivity contribution in [2.75, 3.05) is 26.9 Å². The third-order valence-electron chi connectivity index (χ3n) is 3.97. The maximum atomic E-state index is 6.00. The van der Waals surface area contributed by atoms with Crippen molar-refractivity contribution in [1.82, 2.24) is 5.32 Å². The molecule has 2 aromatic carbocycles. The summed E-state index contributed by atoms with van der Waals surface area (Å²) in [5.74, 6) is 1.46. The molecule has 0 unspecified atom stereocenters. The molecule has 0 amide bonds. The van der Waals surface area contributed by atoms with Crippen molar-refractivity contribution >= 4 is 28.3 Å². The molecule has 0 atom stereocenters. The number of benzene rings is 2. The first-order chi connectivity index (χ1) is 12.6. The second-order valence-corrected chi connectivity index (χ2v) is 6.96. The highest BCUT2D eigenvalue weighted by Gasteiger charge is 2.12. The molecule has 0 aliphatic heterocycles. The molecule has 150 valence electrons. The van der Waals surface area contributed by atoms with Crippen molar-refractivity contribution in [3.05, 3.63) is 57.6 Å². The summed E-state index contributed by atoms with van der Waals surface area (Å²) < 4.78 is 17.8. The molecule has 4 nitrogen and oxygen atoms in total. The molecule has 0 radical (unpaired) electrons. The van der Waals surface area contributed by atoms with Crippen LogP contribution in [0.1, 0.15) is 30.0 Å². The van der Waals surface area contributed by atoms with Crippen LogP contribution in [-0.4, -0.2) is 26.9 Å². The second kappa shape index (κ2) is 13.0. The number of ether oxygens (including phenoxy) is 3. The van der Waals surface area contributed by atoms with Gasteiger partial charge in [0.2, 0.25) is 0 Å². The molecule has 0 bridgehead atoms. The predicted molar refractivity (Wildman–Crippen MR) is 116 cm³/mol. The highest BCUT2D eigenvalue weighted by Crippen LogP contribution is 2.37. The van der Waals surface area contributed by atoms with Crippen molar-refractivity contribution < 1.29 is 14.2 Å². The van der Waals surface area contributed by atoms with Crippen LogP contribution in [0.3, 0.4) is 0 Å². The average Bonchev–Trinajstić information content (AvgIpc) is 2.64. The molecule has 27 heavy (non-hydrogen) atoms. The van der Waals surface area contributed by atoms with Crippen LogP contribution in [0.15, 0.2) is 40.9 Å². The first-order valence-electron chi connectivity index (χ1n) is 8.97. The zero-order chi connectivity index (χ0) is 18.8. The first kappa shape index (κ1) is 23.8. The molecule has 0 aromatic heterocycles. The zero-order valence-corrected chi connectivity index (χ0v) is 18.6. The number of hydrogen-bond donors (Lipinski definition) is 1. The van der Waals surface area contributed by atoms with E-state index in [2.05, 4.69) is 58.5 Å². The Kier molecular flexibility index (Phi) is 11.4. The Labute approximate surface area is 177 Å². The summed E-state index contributed by atoms with van der Waals surface area (Å²) in [5.41, 5.74) is 3.52. The van der Waals surface area contributed by atoms with Gasteiger partial charge in [-0.2, -0.15) is 0 Å². The monoisotopic (exact) mass is 457 g/mol. The van der Waals surface area contributed by atoms with Crippen LogP contribution in [0.4, 0.5) is 0 Å². The van der Waals surface area contributed by atoms with Gasteiger partial charge in [0.05, 0.1) is 11.6 Å². The maximum Gasteiger partial charge on any atom is 0.175 e. The Morgan fingerprint density at radius 3 is 2.48 bits per heavy atom. The lowest BCUT2D eigenvalue weighted by Gasteiger charge is -2.15. The SMILES string of the molecule is CCOCCCNCc1cc(Br)c(OCc2ccc(C)cc2)c(OC)c1.Cl. The molecule has 0 spiro atoms. The van der Waals surface area contributed by atoms with Crippen LogP contribution in [0.2, 0.25) is 0 Å². The van der Waals surface area contributed by atoms with Crippen LogP contribution >= 0.6 is 28.3 Å². The molecule has 1 N–H and O–H groups in total. The van der Waals surface area contributed by atoms with E-state index < -0.39 is 0 Å². The van der Waals surface area contributed by atoms with Crippen molar-refractivity contribution in [3.63, 3.8) is 0 Å². The topological polar surface area (TPSA) is 39.7 Å². The fraction of sp³-hybridized carbons (Fsp3) is 0.429. The lowest BCUT2D eigenvalue weighted by atomic mass is 10.1. The molecule has 0 aliphatic carbocycles. The van der Waals surface area contributed by atoms with E-state index >= 15 is 0 Å². The van der Waals surface area contributed by atoms with Crippen LogP contribution in [0.25, 0.3) is 0 Å². The van der Waals surface area contributed by atoms with E-state index in [1.807, 2.05) is 13.0 Å². The van der Waals surface area contributed by atoms with Crippen LogP contribution in [0, 0.1) is 6.92 Å². The number of halogens is 2. The van der Waals surface area contributed by atoms with E-state index in [1.165, 1.54) is 5.56 Å². The van der Waals surface area contributed by atoms with Gasteiger partial charge in [-0.25, -0.2) is 0 Å². The Morgan fingerprint density at radius 1 is 1.07 bits per heavy atom. The zero-order valence-electron chi connectivity index (χ0n) is 16.2. The van der Waals surface area contributed by atoms with E-state index in [0.717, 1.165) is 59.8 Å². The molecule has 2 rings (SSSR count). The van der Waals surface area contributed by atoms with Gasteiger partial charge in [0.1, 0.15) is 6.61 Å². The Hall–Kier alpha value is -1.27. The summed E-state index contributed by atoms with van der Waals surface area (Å²) in [7, 11) is 1.67. The molecule has 0 fully saturated rings. The quantitative estimate of drug-likeness (QED) is 0.465. The average molecular weight is 459 g/mol. The van der Waals surface area contributed by atoms with E-state index in [9.17, 15) is 0 Å². The van der Waals surface area contributed by atoms with Crippen molar-refractivity contribution in [2.24, 2.45) is 0 Å². The summed E-state index contributed by atoms with van der Waals surface area (Å²) >= 11 is 3.61. The Bertz CT molecular complexity index is 680. The second-order valence-electron chi connectivity index (χ2n) is 6.11. The van der Waals surface area contributed by atoms with Gasteiger partial charge in [-0.05, 0) is 66.0 Å². The van der Waals surface area contributed by atoms with Gasteiger partial charge in [-0.15, -0.1) is 12.4 Å². The highest BCUT2D eigenvalue weighted by molar-refractivity contribution is 9.10. The van der Waals surface area contributed by atoms with Crippen LogP contribution in [0.5, 0.6) is 11.5 Å². The highest BCUT2D eigenvalue weighted by atomic mass is 79.9. The summed E-state index contributed by atoms with van der Waals surface area (Å²) in [5, 5.41) is 3.42. The van der Waals surface area contributed by atoms with E-state index in [1.54, 1.807) is 7.11 Å². The Balaban J connectivity index is 0.00000364. The number of rotatable bonds is 11. The van der Waals surface area contributed by atoms with Gasteiger partial charge in [-0.3, -0.25) is 0 Å². The smallest absolute Gasteiger partial charge is 0.175 e. The van der Waals surface area contributed by atoms with Gasteiger partial charge in [0, 0.05) is 19.8 Å². The number of hydrogen-bond acceptors (Lipinski definition) is 4. The predicted octanol–water partition coefficient (Wildman–Crippen LogP) is 5.28. The number of nitrogens with one attached hydrogen (secondary N) is 1. The lowest BCUT2D eigenvalue weighted by molar-refractivity contribution is 0.144. The standard InChI is InChI=1S/C21H28BrNO3.ClH/c1-4-25-11-5-10-23-14-18-12-19(22)21(20(13-18)24-3)26-15-17-8-6-16(2)7-9-17;/h6-9,12-13,23H,4-5,10-11,14-15H2,1-3H3;1H. The summed E-state index contributed by atoms with van der Waals surface area (Å²) in [6, 6.07) is 12.4.